The molecule has 0 aliphatic rings. The summed E-state index contributed by atoms with van der Waals surface area (Å²) in [5, 5.41) is 6.86. The van der Waals surface area contributed by atoms with Crippen molar-refractivity contribution in [1.29, 1.82) is 0 Å². The fourth-order valence-corrected chi connectivity index (χ4v) is 1.18. The summed E-state index contributed by atoms with van der Waals surface area (Å²) in [5.74, 6) is 0. The van der Waals surface area contributed by atoms with Gasteiger partial charge in [0.05, 0.1) is 11.3 Å². The highest BCUT2D eigenvalue weighted by molar-refractivity contribution is 6.31. The number of hydrogen-bond donors (Lipinski definition) is 1. The monoisotopic (exact) mass is 186 g/mol. The molecule has 1 aromatic heterocycles. The molecule has 1 aromatic rings. The molecule has 0 unspecified atom stereocenters. The fraction of sp³-hybridized carbons (Fsp3) is 0.500. The Kier molecular flexibility index (Phi) is 2.24. The van der Waals surface area contributed by atoms with Crippen LogP contribution in [0.5, 0.6) is 0 Å². The Hall–Kier alpha value is -0.830. The van der Waals surface area contributed by atoms with E-state index in [9.17, 15) is 4.79 Å². The minimum atomic E-state index is -0.153. The molecule has 0 saturated heterocycles. The molecule has 0 spiro atoms. The zero-order valence-electron chi connectivity index (χ0n) is 7.31. The second kappa shape index (κ2) is 2.90. The molecule has 0 atom stereocenters. The molecule has 1 heterocycles. The quantitative estimate of drug-likeness (QED) is 0.684. The number of carbonyl (C=O) groups excluding carboxylic acids is 1. The summed E-state index contributed by atoms with van der Waals surface area (Å²) in [6, 6.07) is 0. The van der Waals surface area contributed by atoms with Gasteiger partial charge in [-0.05, 0) is 0 Å². The number of hydrogen-bond acceptors (Lipinski definition) is 2. The Bertz CT molecular complexity index is 298. The van der Waals surface area contributed by atoms with Crippen LogP contribution >= 0.6 is 11.6 Å². The Labute approximate surface area is 76.1 Å². The van der Waals surface area contributed by atoms with E-state index in [4.69, 9.17) is 11.6 Å². The van der Waals surface area contributed by atoms with Crippen molar-refractivity contribution in [3.8, 4) is 0 Å². The highest BCUT2D eigenvalue weighted by Gasteiger charge is 2.22. The maximum Gasteiger partial charge on any atom is 0.155 e. The van der Waals surface area contributed by atoms with Crippen LogP contribution in [0.2, 0.25) is 5.15 Å². The molecule has 0 radical (unpaired) electrons. The van der Waals surface area contributed by atoms with E-state index in [0.29, 0.717) is 16.4 Å². The van der Waals surface area contributed by atoms with Crippen LogP contribution in [0.4, 0.5) is 0 Å². The predicted octanol–water partition coefficient (Wildman–Crippen LogP) is 2.17. The number of halogens is 1. The van der Waals surface area contributed by atoms with Crippen LogP contribution in [0.15, 0.2) is 0 Å². The summed E-state index contributed by atoms with van der Waals surface area (Å²) < 4.78 is 0. The number of carbonyl (C=O) groups is 1. The van der Waals surface area contributed by atoms with Crippen LogP contribution in [0.3, 0.4) is 0 Å². The van der Waals surface area contributed by atoms with Gasteiger partial charge in [0.15, 0.2) is 6.29 Å². The number of nitrogens with zero attached hydrogens (tertiary/aromatic N) is 1. The Morgan fingerprint density at radius 1 is 1.50 bits per heavy atom. The number of rotatable bonds is 1. The number of aldehydes is 1. The third-order valence-electron chi connectivity index (χ3n) is 1.59. The molecular formula is C8H11ClN2O. The molecule has 3 nitrogen and oxygen atoms in total. The molecule has 0 amide bonds. The van der Waals surface area contributed by atoms with Gasteiger partial charge >= 0.3 is 0 Å². The topological polar surface area (TPSA) is 45.8 Å². The summed E-state index contributed by atoms with van der Waals surface area (Å²) in [6.45, 7) is 5.94. The van der Waals surface area contributed by atoms with Crippen molar-refractivity contribution in [2.24, 2.45) is 0 Å². The summed E-state index contributed by atoms with van der Waals surface area (Å²) >= 11 is 5.70. The van der Waals surface area contributed by atoms with Gasteiger partial charge in [-0.15, -0.1) is 0 Å². The van der Waals surface area contributed by atoms with E-state index in [2.05, 4.69) is 10.2 Å². The average Bonchev–Trinajstić information content (AvgIpc) is 2.29. The summed E-state index contributed by atoms with van der Waals surface area (Å²) in [7, 11) is 0. The zero-order valence-corrected chi connectivity index (χ0v) is 8.07. The maximum atomic E-state index is 10.6. The van der Waals surface area contributed by atoms with Crippen LogP contribution in [-0.4, -0.2) is 16.5 Å². The first-order chi connectivity index (χ1) is 5.46. The third kappa shape index (κ3) is 1.50. The molecule has 66 valence electrons. The van der Waals surface area contributed by atoms with Crippen LogP contribution in [0.1, 0.15) is 36.8 Å². The van der Waals surface area contributed by atoms with Crippen molar-refractivity contribution in [1.82, 2.24) is 10.2 Å². The molecule has 1 rings (SSSR count). The molecule has 1 N–H and O–H groups in total. The van der Waals surface area contributed by atoms with Crippen molar-refractivity contribution in [3.63, 3.8) is 0 Å². The lowest BCUT2D eigenvalue weighted by atomic mass is 9.90. The summed E-state index contributed by atoms with van der Waals surface area (Å²) in [6.07, 6.45) is 0.729. The minimum absolute atomic E-state index is 0.153. The first-order valence-electron chi connectivity index (χ1n) is 3.66. The first-order valence-corrected chi connectivity index (χ1v) is 4.04. The SMILES string of the molecule is CC(C)(C)c1n[nH]c(Cl)c1C=O. The van der Waals surface area contributed by atoms with Crippen molar-refractivity contribution in [2.45, 2.75) is 26.2 Å². The Morgan fingerprint density at radius 3 is 2.42 bits per heavy atom. The van der Waals surface area contributed by atoms with E-state index in [1.165, 1.54) is 0 Å². The average molecular weight is 187 g/mol. The van der Waals surface area contributed by atoms with Crippen molar-refractivity contribution in [3.05, 3.63) is 16.4 Å². The summed E-state index contributed by atoms with van der Waals surface area (Å²) in [4.78, 5) is 10.6. The van der Waals surface area contributed by atoms with Crippen LogP contribution in [0, 0.1) is 0 Å². The van der Waals surface area contributed by atoms with E-state index in [1.54, 1.807) is 0 Å². The van der Waals surface area contributed by atoms with Gasteiger partial charge in [0.25, 0.3) is 0 Å². The lowest BCUT2D eigenvalue weighted by molar-refractivity contribution is 0.112. The van der Waals surface area contributed by atoms with Gasteiger partial charge in [0.2, 0.25) is 0 Å². The molecule has 0 fully saturated rings. The minimum Gasteiger partial charge on any atom is -0.298 e. The van der Waals surface area contributed by atoms with Crippen molar-refractivity contribution < 1.29 is 4.79 Å². The number of H-pyrrole nitrogens is 1. The lowest BCUT2D eigenvalue weighted by Gasteiger charge is -2.15. The zero-order chi connectivity index (χ0) is 9.35. The second-order valence-corrected chi connectivity index (χ2v) is 4.05. The highest BCUT2D eigenvalue weighted by atomic mass is 35.5. The number of aromatic nitrogens is 2. The standard InChI is InChI=1S/C8H11ClN2O/c1-8(2,3)6-5(4-12)7(9)11-10-6/h4H,1-3H3,(H,10,11). The Morgan fingerprint density at radius 2 is 2.08 bits per heavy atom. The van der Waals surface area contributed by atoms with E-state index in [-0.39, 0.29) is 5.41 Å². The molecule has 0 aliphatic carbocycles. The molecule has 0 aromatic carbocycles. The predicted molar refractivity (Wildman–Crippen MR) is 47.7 cm³/mol. The smallest absolute Gasteiger partial charge is 0.155 e. The molecule has 0 bridgehead atoms. The largest absolute Gasteiger partial charge is 0.298 e. The van der Waals surface area contributed by atoms with Gasteiger partial charge in [-0.1, -0.05) is 32.4 Å². The van der Waals surface area contributed by atoms with Gasteiger partial charge in [-0.3, -0.25) is 9.89 Å². The van der Waals surface area contributed by atoms with Crippen molar-refractivity contribution >= 4 is 17.9 Å². The molecule has 0 aliphatic heterocycles. The Balaban J connectivity index is 3.25. The van der Waals surface area contributed by atoms with Gasteiger partial charge in [-0.2, -0.15) is 5.10 Å². The lowest BCUT2D eigenvalue weighted by Crippen LogP contribution is -2.14. The van der Waals surface area contributed by atoms with Gasteiger partial charge in [0.1, 0.15) is 5.15 Å². The maximum absolute atomic E-state index is 10.6. The number of aromatic amines is 1. The van der Waals surface area contributed by atoms with Crippen LogP contribution in [-0.2, 0) is 5.41 Å². The summed E-state index contributed by atoms with van der Waals surface area (Å²) in [5.41, 5.74) is 1.02. The second-order valence-electron chi connectivity index (χ2n) is 3.67. The normalized spacial score (nSPS) is 11.7. The molecule has 4 heteroatoms. The molecule has 12 heavy (non-hydrogen) atoms. The van der Waals surface area contributed by atoms with E-state index in [0.717, 1.165) is 6.29 Å². The first kappa shape index (κ1) is 9.26. The van der Waals surface area contributed by atoms with E-state index >= 15 is 0 Å². The van der Waals surface area contributed by atoms with Gasteiger partial charge in [0, 0.05) is 5.41 Å². The van der Waals surface area contributed by atoms with Gasteiger partial charge < -0.3 is 0 Å². The van der Waals surface area contributed by atoms with Crippen LogP contribution < -0.4 is 0 Å². The van der Waals surface area contributed by atoms with Crippen molar-refractivity contribution in [2.75, 3.05) is 0 Å². The third-order valence-corrected chi connectivity index (χ3v) is 1.87. The van der Waals surface area contributed by atoms with E-state index in [1.807, 2.05) is 20.8 Å². The molecule has 0 saturated carbocycles. The van der Waals surface area contributed by atoms with E-state index < -0.39 is 0 Å². The fourth-order valence-electron chi connectivity index (χ4n) is 1.01. The van der Waals surface area contributed by atoms with Crippen LogP contribution in [0.25, 0.3) is 0 Å². The van der Waals surface area contributed by atoms with Gasteiger partial charge in [-0.25, -0.2) is 0 Å². The number of nitrogens with one attached hydrogen (secondary N) is 1. The highest BCUT2D eigenvalue weighted by Crippen LogP contribution is 2.26. The molecular weight excluding hydrogens is 176 g/mol.